The number of alkyl halides is 2. The van der Waals surface area contributed by atoms with Crippen LogP contribution in [-0.2, 0) is 11.2 Å². The van der Waals surface area contributed by atoms with Crippen LogP contribution >= 0.6 is 0 Å². The standard InChI is InChI=1S/C14H18F2O3/c1-2-3-4-5-6-11-7-9-12(10-8-11)19-14(15,16)13(17)18/h7-10H,2-6H2,1H3,(H,17,18)/p-1. The molecule has 0 fully saturated rings. The quantitative estimate of drug-likeness (QED) is 0.683. The summed E-state index contributed by atoms with van der Waals surface area (Å²) in [6.45, 7) is 2.13. The zero-order valence-corrected chi connectivity index (χ0v) is 10.8. The van der Waals surface area contributed by atoms with Crippen LogP contribution in [0, 0.1) is 0 Å². The molecular weight excluding hydrogens is 254 g/mol. The van der Waals surface area contributed by atoms with E-state index < -0.39 is 12.1 Å². The first-order valence-corrected chi connectivity index (χ1v) is 6.33. The fourth-order valence-corrected chi connectivity index (χ4v) is 1.67. The van der Waals surface area contributed by atoms with E-state index in [-0.39, 0.29) is 5.75 Å². The third-order valence-corrected chi connectivity index (χ3v) is 2.73. The molecule has 0 saturated heterocycles. The molecule has 0 unspecified atom stereocenters. The number of carboxylic acid groups (broad SMARTS) is 1. The first-order chi connectivity index (χ1) is 8.95. The Morgan fingerprint density at radius 2 is 1.84 bits per heavy atom. The molecular formula is C14H17F2O3-. The minimum atomic E-state index is -4.30. The van der Waals surface area contributed by atoms with Crippen molar-refractivity contribution in [1.29, 1.82) is 0 Å². The number of hydrogen-bond donors (Lipinski definition) is 0. The SMILES string of the molecule is CCCCCCc1ccc(OC(F)(F)C(=O)[O-])cc1. The molecule has 0 radical (unpaired) electrons. The number of aliphatic carboxylic acids is 1. The number of carboxylic acids is 1. The Morgan fingerprint density at radius 3 is 2.37 bits per heavy atom. The Kier molecular flexibility index (Phi) is 5.73. The van der Waals surface area contributed by atoms with Gasteiger partial charge in [-0.25, -0.2) is 0 Å². The van der Waals surface area contributed by atoms with Gasteiger partial charge >= 0.3 is 6.11 Å². The highest BCUT2D eigenvalue weighted by Gasteiger charge is 2.33. The van der Waals surface area contributed by atoms with Gasteiger partial charge in [0.1, 0.15) is 5.75 Å². The summed E-state index contributed by atoms with van der Waals surface area (Å²) >= 11 is 0. The minimum Gasteiger partial charge on any atom is -0.541 e. The van der Waals surface area contributed by atoms with Gasteiger partial charge in [-0.3, -0.25) is 0 Å². The average Bonchev–Trinajstić information content (AvgIpc) is 2.36. The molecule has 0 aromatic heterocycles. The summed E-state index contributed by atoms with van der Waals surface area (Å²) in [7, 11) is 0. The van der Waals surface area contributed by atoms with Crippen LogP contribution in [0.3, 0.4) is 0 Å². The van der Waals surface area contributed by atoms with Gasteiger partial charge in [-0.05, 0) is 30.5 Å². The second-order valence-corrected chi connectivity index (χ2v) is 4.36. The minimum absolute atomic E-state index is 0.188. The molecule has 1 aromatic carbocycles. The van der Waals surface area contributed by atoms with Crippen LogP contribution < -0.4 is 9.84 Å². The summed E-state index contributed by atoms with van der Waals surface area (Å²) in [5.74, 6) is -2.73. The van der Waals surface area contributed by atoms with Crippen molar-refractivity contribution in [3.8, 4) is 5.75 Å². The largest absolute Gasteiger partial charge is 0.541 e. The fourth-order valence-electron chi connectivity index (χ4n) is 1.67. The summed E-state index contributed by atoms with van der Waals surface area (Å²) in [4.78, 5) is 10.1. The van der Waals surface area contributed by atoms with E-state index in [9.17, 15) is 18.7 Å². The van der Waals surface area contributed by atoms with Gasteiger partial charge in [0, 0.05) is 0 Å². The van der Waals surface area contributed by atoms with Crippen LogP contribution in [0.1, 0.15) is 38.2 Å². The van der Waals surface area contributed by atoms with Gasteiger partial charge in [0.05, 0.1) is 0 Å². The van der Waals surface area contributed by atoms with E-state index in [2.05, 4.69) is 11.7 Å². The third-order valence-electron chi connectivity index (χ3n) is 2.73. The lowest BCUT2D eigenvalue weighted by molar-refractivity contribution is -0.350. The van der Waals surface area contributed by atoms with Crippen molar-refractivity contribution in [3.63, 3.8) is 0 Å². The maximum Gasteiger partial charge on any atom is 0.441 e. The summed E-state index contributed by atoms with van der Waals surface area (Å²) < 4.78 is 29.5. The van der Waals surface area contributed by atoms with E-state index in [1.54, 1.807) is 12.1 Å². The number of rotatable bonds is 8. The predicted octanol–water partition coefficient (Wildman–Crippen LogP) is 2.53. The molecule has 5 heteroatoms. The molecule has 0 aliphatic carbocycles. The Hall–Kier alpha value is -1.65. The van der Waals surface area contributed by atoms with E-state index >= 15 is 0 Å². The summed E-state index contributed by atoms with van der Waals surface area (Å²) in [5, 5.41) is 10.1. The van der Waals surface area contributed by atoms with Crippen molar-refractivity contribution in [2.24, 2.45) is 0 Å². The molecule has 0 heterocycles. The lowest BCUT2D eigenvalue weighted by Gasteiger charge is -2.18. The molecule has 1 rings (SSSR count). The Morgan fingerprint density at radius 1 is 1.21 bits per heavy atom. The first kappa shape index (κ1) is 15.4. The van der Waals surface area contributed by atoms with Crippen molar-refractivity contribution in [3.05, 3.63) is 29.8 Å². The number of hydrogen-bond acceptors (Lipinski definition) is 3. The number of carbonyl (C=O) groups excluding carboxylic acids is 1. The molecule has 0 saturated carbocycles. The summed E-state index contributed by atoms with van der Waals surface area (Å²) in [5.41, 5.74) is 1.01. The number of halogens is 2. The highest BCUT2D eigenvalue weighted by molar-refractivity contribution is 5.71. The van der Waals surface area contributed by atoms with Crippen LogP contribution in [0.15, 0.2) is 24.3 Å². The monoisotopic (exact) mass is 271 g/mol. The Labute approximate surface area is 111 Å². The molecule has 0 N–H and O–H groups in total. The normalized spacial score (nSPS) is 11.3. The summed E-state index contributed by atoms with van der Waals surface area (Å²) in [6, 6.07) is 6.00. The Balaban J connectivity index is 2.50. The van der Waals surface area contributed by atoms with E-state index in [4.69, 9.17) is 0 Å². The number of aryl methyl sites for hydroxylation is 1. The zero-order valence-electron chi connectivity index (χ0n) is 10.8. The van der Waals surface area contributed by atoms with Gasteiger partial charge in [0.2, 0.25) is 0 Å². The van der Waals surface area contributed by atoms with Crippen molar-refractivity contribution < 1.29 is 23.4 Å². The lowest BCUT2D eigenvalue weighted by Crippen LogP contribution is -2.45. The van der Waals surface area contributed by atoms with Gasteiger partial charge < -0.3 is 14.6 Å². The van der Waals surface area contributed by atoms with Gasteiger partial charge in [-0.15, -0.1) is 0 Å². The molecule has 0 atom stereocenters. The fraction of sp³-hybridized carbons (Fsp3) is 0.500. The van der Waals surface area contributed by atoms with Gasteiger partial charge in [-0.1, -0.05) is 38.3 Å². The van der Waals surface area contributed by atoms with Crippen molar-refractivity contribution >= 4 is 5.97 Å². The van der Waals surface area contributed by atoms with Crippen molar-refractivity contribution in [2.45, 2.75) is 45.1 Å². The third kappa shape index (κ3) is 5.24. The van der Waals surface area contributed by atoms with Crippen LogP contribution in [0.25, 0.3) is 0 Å². The maximum absolute atomic E-state index is 12.7. The van der Waals surface area contributed by atoms with Gasteiger partial charge in [-0.2, -0.15) is 8.78 Å². The average molecular weight is 271 g/mol. The first-order valence-electron chi connectivity index (χ1n) is 6.33. The van der Waals surface area contributed by atoms with Crippen LogP contribution in [0.4, 0.5) is 8.78 Å². The second-order valence-electron chi connectivity index (χ2n) is 4.36. The van der Waals surface area contributed by atoms with Gasteiger partial charge in [0.25, 0.3) is 0 Å². The molecule has 0 bridgehead atoms. The maximum atomic E-state index is 12.7. The molecule has 3 nitrogen and oxygen atoms in total. The number of carbonyl (C=O) groups is 1. The van der Waals surface area contributed by atoms with E-state index in [1.807, 2.05) is 0 Å². The van der Waals surface area contributed by atoms with Crippen molar-refractivity contribution in [2.75, 3.05) is 0 Å². The molecule has 106 valence electrons. The number of benzene rings is 1. The lowest BCUT2D eigenvalue weighted by atomic mass is 10.1. The molecule has 1 aromatic rings. The van der Waals surface area contributed by atoms with E-state index in [0.29, 0.717) is 0 Å². The topological polar surface area (TPSA) is 49.4 Å². The van der Waals surface area contributed by atoms with E-state index in [1.165, 1.54) is 18.6 Å². The molecule has 0 aliphatic heterocycles. The zero-order chi connectivity index (χ0) is 14.3. The highest BCUT2D eigenvalue weighted by atomic mass is 19.3. The number of ether oxygens (including phenoxy) is 1. The molecule has 0 spiro atoms. The molecule has 0 amide bonds. The van der Waals surface area contributed by atoms with Crippen molar-refractivity contribution in [1.82, 2.24) is 0 Å². The molecule has 0 aliphatic rings. The summed E-state index contributed by atoms with van der Waals surface area (Å²) in [6.07, 6.45) is 1.09. The van der Waals surface area contributed by atoms with Crippen LogP contribution in [0.2, 0.25) is 0 Å². The second kappa shape index (κ2) is 7.07. The highest BCUT2D eigenvalue weighted by Crippen LogP contribution is 2.22. The molecule has 19 heavy (non-hydrogen) atoms. The van der Waals surface area contributed by atoms with Crippen LogP contribution in [0.5, 0.6) is 5.75 Å². The smallest absolute Gasteiger partial charge is 0.441 e. The van der Waals surface area contributed by atoms with Gasteiger partial charge in [0.15, 0.2) is 5.97 Å². The Bertz CT molecular complexity index is 402. The van der Waals surface area contributed by atoms with E-state index in [0.717, 1.165) is 31.2 Å². The predicted molar refractivity (Wildman–Crippen MR) is 64.9 cm³/mol. The van der Waals surface area contributed by atoms with Crippen LogP contribution in [-0.4, -0.2) is 12.1 Å². The number of unbranched alkanes of at least 4 members (excludes halogenated alkanes) is 3.